The summed E-state index contributed by atoms with van der Waals surface area (Å²) in [7, 11) is -0.371. The standard InChI is InChI=1S/C29H29BO2.C21H19BrO.C19H26/c1-17(2)18-13-14-22-23-15-16-25(30-31-28(3,4)29(5,6)32-30)24-12-8-11-21(27(23)24)20-10-7-9-19(18)26(20)22;1-10(2)16-19-13-7-5-6-12-15(22)9-8-14(18(12)13)20(19)17(11(3)4)21(16)23;1-13-10-16(19(5,6)7)12-14-11-15(18(2,3)4)8-9-17(13)14/h7-17H,1-6H3;5-11H,1-4H3;8-12H,1-7H3. The van der Waals surface area contributed by atoms with E-state index in [1.165, 1.54) is 109 Å². The lowest BCUT2D eigenvalue weighted by Gasteiger charge is -2.32. The Morgan fingerprint density at radius 2 is 0.959 bits per heavy atom. The van der Waals surface area contributed by atoms with E-state index in [1.54, 1.807) is 0 Å². The number of allylic oxidation sites excluding steroid dienone is 4. The SMILES string of the molecule is CC(C)C1=C2C(=C(C(C)C)C1=O)c1ccc(Br)c3cccc2c13.CC(C)c1ccc2c3ccc(B4OC(C)(C)C(C)(C)O4)c4cccc(c5cccc1c52)c43.Cc1cc(C(C)(C)C)cc2cc(C(C)(C)C)ccc12. The lowest BCUT2D eigenvalue weighted by molar-refractivity contribution is -0.112. The van der Waals surface area contributed by atoms with Gasteiger partial charge in [-0.2, -0.15) is 0 Å². The minimum Gasteiger partial charge on any atom is -0.399 e. The summed E-state index contributed by atoms with van der Waals surface area (Å²) >= 11 is 3.67. The Balaban J connectivity index is 0.000000132. The van der Waals surface area contributed by atoms with E-state index in [4.69, 9.17) is 9.31 Å². The molecule has 9 aromatic carbocycles. The van der Waals surface area contributed by atoms with Gasteiger partial charge in [0.05, 0.1) is 11.2 Å². The van der Waals surface area contributed by atoms with E-state index in [-0.39, 0.29) is 46.8 Å². The second kappa shape index (κ2) is 18.3. The number of benzene rings is 9. The van der Waals surface area contributed by atoms with E-state index in [0.29, 0.717) is 5.92 Å². The second-order valence-electron chi connectivity index (χ2n) is 25.4. The molecule has 9 aromatic rings. The Kier molecular flexibility index (Phi) is 12.8. The summed E-state index contributed by atoms with van der Waals surface area (Å²) in [5.74, 6) is 1.21. The van der Waals surface area contributed by atoms with Gasteiger partial charge in [-0.25, -0.2) is 0 Å². The first-order valence-corrected chi connectivity index (χ1v) is 27.8. The van der Waals surface area contributed by atoms with Crippen molar-refractivity contribution >= 4 is 110 Å². The molecule has 12 rings (SSSR count). The van der Waals surface area contributed by atoms with Crippen molar-refractivity contribution in [2.45, 2.75) is 146 Å². The highest BCUT2D eigenvalue weighted by molar-refractivity contribution is 9.10. The number of ketones is 1. The summed E-state index contributed by atoms with van der Waals surface area (Å²) in [5.41, 5.74) is 13.2. The van der Waals surface area contributed by atoms with Crippen LogP contribution < -0.4 is 5.46 Å². The molecular formula is C69H74BBrO3. The lowest BCUT2D eigenvalue weighted by Crippen LogP contribution is -2.41. The molecule has 0 bridgehead atoms. The minimum atomic E-state index is -0.371. The first-order chi connectivity index (χ1) is 34.7. The summed E-state index contributed by atoms with van der Waals surface area (Å²) in [6.07, 6.45) is 0. The van der Waals surface area contributed by atoms with Gasteiger partial charge in [0, 0.05) is 15.6 Å². The number of carbonyl (C=O) groups excluding carboxylic acids is 1. The van der Waals surface area contributed by atoms with E-state index in [2.05, 4.69) is 255 Å². The summed E-state index contributed by atoms with van der Waals surface area (Å²) in [6.45, 7) is 37.4. The van der Waals surface area contributed by atoms with E-state index >= 15 is 0 Å². The van der Waals surface area contributed by atoms with Gasteiger partial charge in [-0.15, -0.1) is 0 Å². The van der Waals surface area contributed by atoms with Gasteiger partial charge in [0.2, 0.25) is 0 Å². The highest BCUT2D eigenvalue weighted by Crippen LogP contribution is 2.56. The zero-order valence-electron chi connectivity index (χ0n) is 47.0. The number of carbonyl (C=O) groups is 1. The third-order valence-electron chi connectivity index (χ3n) is 16.7. The molecule has 3 nitrogen and oxygen atoms in total. The second-order valence-corrected chi connectivity index (χ2v) is 26.2. The molecule has 3 aliphatic rings. The number of halogens is 1. The predicted octanol–water partition coefficient (Wildman–Crippen LogP) is 18.9. The fraction of sp³-hybridized carbons (Fsp3) is 0.348. The van der Waals surface area contributed by atoms with E-state index in [9.17, 15) is 4.79 Å². The Labute approximate surface area is 449 Å². The first-order valence-electron chi connectivity index (χ1n) is 27.0. The van der Waals surface area contributed by atoms with Crippen LogP contribution in [0.3, 0.4) is 0 Å². The zero-order valence-corrected chi connectivity index (χ0v) is 48.5. The number of hydrogen-bond donors (Lipinski definition) is 0. The van der Waals surface area contributed by atoms with Crippen molar-refractivity contribution in [3.8, 4) is 0 Å². The fourth-order valence-corrected chi connectivity index (χ4v) is 12.4. The van der Waals surface area contributed by atoms with Crippen LogP contribution in [0.5, 0.6) is 0 Å². The summed E-state index contributed by atoms with van der Waals surface area (Å²) in [6, 6.07) is 44.8. The highest BCUT2D eigenvalue weighted by atomic mass is 79.9. The van der Waals surface area contributed by atoms with Crippen molar-refractivity contribution < 1.29 is 14.1 Å². The quantitative estimate of drug-likeness (QED) is 0.100. The Bertz CT molecular complexity index is 3750. The van der Waals surface area contributed by atoms with Crippen LogP contribution in [-0.4, -0.2) is 24.1 Å². The topological polar surface area (TPSA) is 35.5 Å². The van der Waals surface area contributed by atoms with E-state index in [0.717, 1.165) is 21.1 Å². The third-order valence-corrected chi connectivity index (χ3v) is 17.4. The van der Waals surface area contributed by atoms with Crippen molar-refractivity contribution in [1.82, 2.24) is 0 Å². The molecule has 0 unspecified atom stereocenters. The maximum Gasteiger partial charge on any atom is 0.495 e. The average Bonchev–Trinajstić information content (AvgIpc) is 3.90. The molecule has 0 radical (unpaired) electrons. The van der Waals surface area contributed by atoms with Crippen LogP contribution >= 0.6 is 15.9 Å². The van der Waals surface area contributed by atoms with Crippen molar-refractivity contribution in [1.29, 1.82) is 0 Å². The van der Waals surface area contributed by atoms with Crippen LogP contribution in [-0.2, 0) is 24.9 Å². The van der Waals surface area contributed by atoms with Gasteiger partial charge >= 0.3 is 7.12 Å². The smallest absolute Gasteiger partial charge is 0.399 e. The van der Waals surface area contributed by atoms with E-state index < -0.39 is 0 Å². The maximum absolute atomic E-state index is 13.1. The fourth-order valence-electron chi connectivity index (χ4n) is 12.0. The molecule has 0 saturated carbocycles. The maximum atomic E-state index is 13.1. The average molecular weight is 1040 g/mol. The number of Topliss-reactive ketones (excluding diaryl/α,β-unsaturated/α-hetero) is 1. The van der Waals surface area contributed by atoms with Crippen LogP contribution in [0.15, 0.2) is 137 Å². The molecule has 378 valence electrons. The monoisotopic (exact) mass is 1040 g/mol. The van der Waals surface area contributed by atoms with Crippen LogP contribution in [0, 0.1) is 18.8 Å². The molecule has 0 N–H and O–H groups in total. The van der Waals surface area contributed by atoms with Gasteiger partial charge in [-0.3, -0.25) is 4.79 Å². The molecule has 1 heterocycles. The molecule has 1 aliphatic heterocycles. The van der Waals surface area contributed by atoms with Crippen LogP contribution in [0.4, 0.5) is 0 Å². The van der Waals surface area contributed by atoms with Gasteiger partial charge in [-0.05, 0) is 184 Å². The van der Waals surface area contributed by atoms with Crippen LogP contribution in [0.1, 0.15) is 150 Å². The van der Waals surface area contributed by atoms with Gasteiger partial charge < -0.3 is 9.31 Å². The Hall–Kier alpha value is -5.59. The third kappa shape index (κ3) is 8.45. The molecule has 5 heteroatoms. The number of fused-ring (bicyclic) bond motifs is 6. The molecule has 0 amide bonds. The number of rotatable bonds is 4. The van der Waals surface area contributed by atoms with Crippen LogP contribution in [0.25, 0.3) is 75.8 Å². The summed E-state index contributed by atoms with van der Waals surface area (Å²) in [4.78, 5) is 13.1. The molecule has 0 aromatic heterocycles. The molecule has 0 atom stereocenters. The molecule has 1 fully saturated rings. The van der Waals surface area contributed by atoms with Crippen molar-refractivity contribution in [2.24, 2.45) is 11.8 Å². The lowest BCUT2D eigenvalue weighted by atomic mass is 9.74. The van der Waals surface area contributed by atoms with Crippen LogP contribution in [0.2, 0.25) is 0 Å². The highest BCUT2D eigenvalue weighted by Gasteiger charge is 2.52. The Morgan fingerprint density at radius 3 is 1.53 bits per heavy atom. The van der Waals surface area contributed by atoms with Gasteiger partial charge in [0.25, 0.3) is 0 Å². The first kappa shape index (κ1) is 51.9. The Morgan fingerprint density at radius 1 is 0.486 bits per heavy atom. The molecular weight excluding hydrogens is 967 g/mol. The van der Waals surface area contributed by atoms with Gasteiger partial charge in [0.15, 0.2) is 5.78 Å². The largest absolute Gasteiger partial charge is 0.495 e. The molecule has 74 heavy (non-hydrogen) atoms. The van der Waals surface area contributed by atoms with Crippen molar-refractivity contribution in [3.63, 3.8) is 0 Å². The summed E-state index contributed by atoms with van der Waals surface area (Å²) < 4.78 is 14.0. The number of aryl methyl sites for hydroxylation is 1. The number of hydrogen-bond acceptors (Lipinski definition) is 3. The normalized spacial score (nSPS) is 16.3. The molecule has 0 spiro atoms. The van der Waals surface area contributed by atoms with Gasteiger partial charge in [0.1, 0.15) is 0 Å². The van der Waals surface area contributed by atoms with E-state index in [1.807, 2.05) is 0 Å². The van der Waals surface area contributed by atoms with Gasteiger partial charge in [-0.1, -0.05) is 214 Å². The summed E-state index contributed by atoms with van der Waals surface area (Å²) in [5, 5.41) is 15.8. The molecule has 1 saturated heterocycles. The predicted molar refractivity (Wildman–Crippen MR) is 324 cm³/mol. The zero-order chi connectivity index (χ0) is 53.3. The van der Waals surface area contributed by atoms with Crippen molar-refractivity contribution in [2.75, 3.05) is 0 Å². The van der Waals surface area contributed by atoms with Crippen molar-refractivity contribution in [3.05, 3.63) is 170 Å². The minimum absolute atomic E-state index is 0.205. The molecule has 2 aliphatic carbocycles.